The van der Waals surface area contributed by atoms with Crippen molar-refractivity contribution in [3.05, 3.63) is 59.7 Å². The van der Waals surface area contributed by atoms with Crippen molar-refractivity contribution in [2.75, 3.05) is 6.61 Å². The van der Waals surface area contributed by atoms with E-state index in [4.69, 9.17) is 4.74 Å². The zero-order valence-electron chi connectivity index (χ0n) is 15.6. The second-order valence-electron chi connectivity index (χ2n) is 7.63. The Morgan fingerprint density at radius 2 is 1.59 bits per heavy atom. The number of rotatable bonds is 4. The van der Waals surface area contributed by atoms with E-state index in [0.717, 1.165) is 12.8 Å². The van der Waals surface area contributed by atoms with Crippen molar-refractivity contribution in [1.29, 1.82) is 0 Å². The van der Waals surface area contributed by atoms with Gasteiger partial charge in [0.1, 0.15) is 12.4 Å². The van der Waals surface area contributed by atoms with Gasteiger partial charge in [-0.2, -0.15) is 0 Å². The van der Waals surface area contributed by atoms with Crippen molar-refractivity contribution in [2.24, 2.45) is 5.92 Å². The second kappa shape index (κ2) is 7.55. The molecule has 0 heterocycles. The molecule has 27 heavy (non-hydrogen) atoms. The minimum Gasteiger partial charge on any atom is -0.449 e. The zero-order chi connectivity index (χ0) is 18.8. The molecule has 1 N–H and O–H groups in total. The van der Waals surface area contributed by atoms with Crippen LogP contribution in [0.1, 0.15) is 49.7 Å². The highest BCUT2D eigenvalue weighted by atomic mass is 16.5. The van der Waals surface area contributed by atoms with Gasteiger partial charge >= 0.3 is 6.09 Å². The second-order valence-corrected chi connectivity index (χ2v) is 7.63. The SMILES string of the molecule is CC(NC(=O)OCC1c2ccccc2-c2ccccc21)C1CCC(=O)CC1. The number of amides is 1. The molecule has 2 aliphatic carbocycles. The van der Waals surface area contributed by atoms with Crippen LogP contribution in [0, 0.1) is 5.92 Å². The van der Waals surface area contributed by atoms with E-state index in [0.29, 0.717) is 31.1 Å². The highest BCUT2D eigenvalue weighted by Gasteiger charge is 2.30. The normalized spacial score (nSPS) is 17.9. The molecule has 4 nitrogen and oxygen atoms in total. The van der Waals surface area contributed by atoms with Crippen LogP contribution in [0.3, 0.4) is 0 Å². The van der Waals surface area contributed by atoms with Crippen molar-refractivity contribution < 1.29 is 14.3 Å². The zero-order valence-corrected chi connectivity index (χ0v) is 15.6. The van der Waals surface area contributed by atoms with Gasteiger partial charge in [0, 0.05) is 24.8 Å². The minimum absolute atomic E-state index is 0.0220. The molecule has 1 atom stereocenters. The fourth-order valence-corrected chi connectivity index (χ4v) is 4.41. The minimum atomic E-state index is -0.374. The Kier molecular flexibility index (Phi) is 4.97. The number of benzene rings is 2. The van der Waals surface area contributed by atoms with E-state index in [1.807, 2.05) is 31.2 Å². The molecule has 1 fully saturated rings. The maximum atomic E-state index is 12.3. The molecule has 1 unspecified atom stereocenters. The van der Waals surface area contributed by atoms with E-state index in [-0.39, 0.29) is 18.1 Å². The molecule has 0 saturated heterocycles. The first kappa shape index (κ1) is 17.8. The Bertz CT molecular complexity index is 805. The quantitative estimate of drug-likeness (QED) is 0.858. The van der Waals surface area contributed by atoms with Gasteiger partial charge in [-0.3, -0.25) is 4.79 Å². The number of nitrogens with one attached hydrogen (secondary N) is 1. The summed E-state index contributed by atoms with van der Waals surface area (Å²) in [5, 5.41) is 2.96. The Labute approximate surface area is 159 Å². The molecule has 4 heteroatoms. The molecule has 0 spiro atoms. The van der Waals surface area contributed by atoms with Crippen LogP contribution < -0.4 is 5.32 Å². The number of carbonyl (C=O) groups excluding carboxylic acids is 2. The van der Waals surface area contributed by atoms with Crippen LogP contribution in [0.5, 0.6) is 0 Å². The number of hydrogen-bond donors (Lipinski definition) is 1. The maximum absolute atomic E-state index is 12.3. The fourth-order valence-electron chi connectivity index (χ4n) is 4.41. The molecular weight excluding hydrogens is 338 g/mol. The van der Waals surface area contributed by atoms with Crippen LogP contribution in [0.15, 0.2) is 48.5 Å². The van der Waals surface area contributed by atoms with Crippen LogP contribution in [-0.2, 0) is 9.53 Å². The Hall–Kier alpha value is -2.62. The van der Waals surface area contributed by atoms with E-state index in [2.05, 4.69) is 29.6 Å². The summed E-state index contributed by atoms with van der Waals surface area (Å²) in [5.41, 5.74) is 4.88. The molecule has 0 radical (unpaired) electrons. The average molecular weight is 363 g/mol. The number of alkyl carbamates (subject to hydrolysis) is 1. The predicted octanol–water partition coefficient (Wildman–Crippen LogP) is 4.67. The van der Waals surface area contributed by atoms with Gasteiger partial charge in [0.05, 0.1) is 0 Å². The first-order valence-electron chi connectivity index (χ1n) is 9.76. The Morgan fingerprint density at radius 1 is 1.04 bits per heavy atom. The molecule has 2 aromatic rings. The van der Waals surface area contributed by atoms with E-state index >= 15 is 0 Å². The van der Waals surface area contributed by atoms with Crippen LogP contribution in [0.4, 0.5) is 4.79 Å². The largest absolute Gasteiger partial charge is 0.449 e. The topological polar surface area (TPSA) is 55.4 Å². The molecule has 4 rings (SSSR count). The smallest absolute Gasteiger partial charge is 0.407 e. The van der Waals surface area contributed by atoms with Gasteiger partial charge in [0.2, 0.25) is 0 Å². The van der Waals surface area contributed by atoms with Crippen molar-refractivity contribution in [3.8, 4) is 11.1 Å². The molecule has 1 saturated carbocycles. The molecule has 1 amide bonds. The monoisotopic (exact) mass is 363 g/mol. The molecule has 2 aromatic carbocycles. The van der Waals surface area contributed by atoms with Gasteiger partial charge in [-0.25, -0.2) is 4.79 Å². The Balaban J connectivity index is 1.39. The van der Waals surface area contributed by atoms with E-state index in [1.54, 1.807) is 0 Å². The first-order chi connectivity index (χ1) is 13.1. The summed E-state index contributed by atoms with van der Waals surface area (Å²) in [5.74, 6) is 0.758. The lowest BCUT2D eigenvalue weighted by Crippen LogP contribution is -2.40. The summed E-state index contributed by atoms with van der Waals surface area (Å²) in [6.45, 7) is 2.33. The third-order valence-corrected chi connectivity index (χ3v) is 5.98. The lowest BCUT2D eigenvalue weighted by atomic mass is 9.84. The third-order valence-electron chi connectivity index (χ3n) is 5.98. The number of ether oxygens (including phenoxy) is 1. The Morgan fingerprint density at radius 3 is 2.19 bits per heavy atom. The number of Topliss-reactive ketones (excluding diaryl/α,β-unsaturated/α-hetero) is 1. The standard InChI is InChI=1S/C23H25NO3/c1-15(16-10-12-17(25)13-11-16)24-23(26)27-14-22-20-8-4-2-6-18(20)19-7-3-5-9-21(19)22/h2-9,15-16,22H,10-14H2,1H3,(H,24,26). The number of carbonyl (C=O) groups is 2. The van der Waals surface area contributed by atoms with E-state index in [9.17, 15) is 9.59 Å². The molecule has 0 aliphatic heterocycles. The van der Waals surface area contributed by atoms with Crippen LogP contribution in [-0.4, -0.2) is 24.5 Å². The van der Waals surface area contributed by atoms with E-state index < -0.39 is 0 Å². The first-order valence-corrected chi connectivity index (χ1v) is 9.76. The average Bonchev–Trinajstić information content (AvgIpc) is 3.01. The van der Waals surface area contributed by atoms with Gasteiger partial charge in [-0.15, -0.1) is 0 Å². The summed E-state index contributed by atoms with van der Waals surface area (Å²) < 4.78 is 5.61. The van der Waals surface area contributed by atoms with Crippen LogP contribution >= 0.6 is 0 Å². The summed E-state index contributed by atoms with van der Waals surface area (Å²) in [4.78, 5) is 23.7. The summed E-state index contributed by atoms with van der Waals surface area (Å²) >= 11 is 0. The van der Waals surface area contributed by atoms with Crippen molar-refractivity contribution in [2.45, 2.75) is 44.6 Å². The lowest BCUT2D eigenvalue weighted by Gasteiger charge is -2.27. The third kappa shape index (κ3) is 3.61. The molecule has 140 valence electrons. The summed E-state index contributed by atoms with van der Waals surface area (Å²) in [6, 6.07) is 16.7. The van der Waals surface area contributed by atoms with Crippen molar-refractivity contribution >= 4 is 11.9 Å². The highest BCUT2D eigenvalue weighted by molar-refractivity contribution is 5.79. The summed E-state index contributed by atoms with van der Waals surface area (Å²) in [7, 11) is 0. The fraction of sp³-hybridized carbons (Fsp3) is 0.391. The maximum Gasteiger partial charge on any atom is 0.407 e. The highest BCUT2D eigenvalue weighted by Crippen LogP contribution is 2.44. The van der Waals surface area contributed by atoms with Crippen LogP contribution in [0.25, 0.3) is 11.1 Å². The van der Waals surface area contributed by atoms with Crippen molar-refractivity contribution in [1.82, 2.24) is 5.32 Å². The number of ketones is 1. The predicted molar refractivity (Wildman–Crippen MR) is 105 cm³/mol. The van der Waals surface area contributed by atoms with Gasteiger partial charge < -0.3 is 10.1 Å². The summed E-state index contributed by atoms with van der Waals surface area (Å²) in [6.07, 6.45) is 2.58. The lowest BCUT2D eigenvalue weighted by molar-refractivity contribution is -0.121. The molecule has 0 aromatic heterocycles. The van der Waals surface area contributed by atoms with Gasteiger partial charge in [0.25, 0.3) is 0 Å². The molecule has 2 aliphatic rings. The van der Waals surface area contributed by atoms with Gasteiger partial charge in [0.15, 0.2) is 0 Å². The molecular formula is C23H25NO3. The van der Waals surface area contributed by atoms with Gasteiger partial charge in [-0.1, -0.05) is 48.5 Å². The number of hydrogen-bond acceptors (Lipinski definition) is 3. The van der Waals surface area contributed by atoms with E-state index in [1.165, 1.54) is 22.3 Å². The molecule has 0 bridgehead atoms. The van der Waals surface area contributed by atoms with Gasteiger partial charge in [-0.05, 0) is 47.9 Å². The van der Waals surface area contributed by atoms with Crippen LogP contribution in [0.2, 0.25) is 0 Å². The number of fused-ring (bicyclic) bond motifs is 3. The van der Waals surface area contributed by atoms with Crippen molar-refractivity contribution in [3.63, 3.8) is 0 Å².